The zero-order valence-electron chi connectivity index (χ0n) is 26.3. The molecule has 2 atom stereocenters. The first-order valence-corrected chi connectivity index (χ1v) is 15.1. The summed E-state index contributed by atoms with van der Waals surface area (Å²) in [7, 11) is 2.79. The second kappa shape index (κ2) is 12.3. The molecular weight excluding hydrogens is 588 g/mol. The maximum Gasteiger partial charge on any atom is 0.336 e. The van der Waals surface area contributed by atoms with Crippen molar-refractivity contribution in [2.75, 3.05) is 24.0 Å². The maximum atomic E-state index is 15.3. The van der Waals surface area contributed by atoms with Gasteiger partial charge in [0.1, 0.15) is 11.2 Å². The molecule has 47 heavy (non-hydrogen) atoms. The molecule has 8 nitrogen and oxygen atoms in total. The van der Waals surface area contributed by atoms with E-state index in [2.05, 4.69) is 12.1 Å². The van der Waals surface area contributed by atoms with Crippen molar-refractivity contribution in [3.63, 3.8) is 0 Å². The third-order valence-electron chi connectivity index (χ3n) is 9.00. The van der Waals surface area contributed by atoms with E-state index in [0.29, 0.717) is 22.7 Å². The van der Waals surface area contributed by atoms with Crippen LogP contribution in [0, 0.1) is 35.0 Å². The summed E-state index contributed by atoms with van der Waals surface area (Å²) in [5.74, 6) is -0.755. The molecule has 2 heterocycles. The van der Waals surface area contributed by atoms with E-state index in [1.807, 2.05) is 85.8 Å². The number of esters is 1. The molecular formula is C39H32N4O4. The molecule has 0 radical (unpaired) electrons. The van der Waals surface area contributed by atoms with Crippen LogP contribution >= 0.6 is 0 Å². The average molecular weight is 621 g/mol. The Bertz CT molecular complexity index is 1960. The quantitative estimate of drug-likeness (QED) is 0.218. The number of nitrogens with zero attached hydrogens (tertiary/aromatic N) is 4. The fraction of sp³-hybridized carbons (Fsp3) is 0.179. The van der Waals surface area contributed by atoms with E-state index in [-0.39, 0.29) is 12.1 Å². The number of benzene rings is 4. The molecule has 6 rings (SSSR count). The van der Waals surface area contributed by atoms with Gasteiger partial charge in [0.2, 0.25) is 5.91 Å². The van der Waals surface area contributed by atoms with Gasteiger partial charge in [0.25, 0.3) is 0 Å². The first-order valence-electron chi connectivity index (χ1n) is 15.1. The average Bonchev–Trinajstić information content (AvgIpc) is 3.34. The first-order chi connectivity index (χ1) is 22.8. The third-order valence-corrected chi connectivity index (χ3v) is 9.00. The van der Waals surface area contributed by atoms with Crippen LogP contribution in [0.5, 0.6) is 5.75 Å². The molecule has 0 saturated carbocycles. The second-order valence-corrected chi connectivity index (χ2v) is 11.5. The Labute approximate surface area is 274 Å². The van der Waals surface area contributed by atoms with Gasteiger partial charge in [-0.05, 0) is 53.9 Å². The van der Waals surface area contributed by atoms with Crippen LogP contribution in [0.2, 0.25) is 0 Å². The predicted octanol–water partition coefficient (Wildman–Crippen LogP) is 6.48. The number of methoxy groups -OCH3 is 2. The fourth-order valence-corrected chi connectivity index (χ4v) is 6.77. The molecule has 1 spiro atoms. The summed E-state index contributed by atoms with van der Waals surface area (Å²) in [6.07, 6.45) is 5.16. The van der Waals surface area contributed by atoms with Gasteiger partial charge in [0, 0.05) is 17.6 Å². The Morgan fingerprint density at radius 2 is 1.57 bits per heavy atom. The Morgan fingerprint density at radius 3 is 2.19 bits per heavy atom. The van der Waals surface area contributed by atoms with E-state index in [1.165, 1.54) is 7.11 Å². The maximum absolute atomic E-state index is 15.3. The summed E-state index contributed by atoms with van der Waals surface area (Å²) in [5.41, 5.74) is -0.279. The number of rotatable bonds is 7. The lowest BCUT2D eigenvalue weighted by Crippen LogP contribution is -2.64. The van der Waals surface area contributed by atoms with Crippen LogP contribution in [0.15, 0.2) is 121 Å². The SMILES string of the molecule is COC(=O)C1=CN(c2ccc(OC)cc2)[C@H](/C=C/c2ccccc2)C(C#N)(C#N)[C@@]12C(=O)N(Cc1ccccc1)c1ccc(C)cc12. The third kappa shape index (κ3) is 4.83. The number of fused-ring (bicyclic) bond motifs is 2. The smallest absolute Gasteiger partial charge is 0.336 e. The highest BCUT2D eigenvalue weighted by Crippen LogP contribution is 2.61. The highest BCUT2D eigenvalue weighted by atomic mass is 16.5. The van der Waals surface area contributed by atoms with E-state index >= 15 is 4.79 Å². The molecule has 1 amide bonds. The van der Waals surface area contributed by atoms with Gasteiger partial charge in [-0.15, -0.1) is 0 Å². The highest BCUT2D eigenvalue weighted by Gasteiger charge is 2.73. The van der Waals surface area contributed by atoms with Gasteiger partial charge < -0.3 is 19.3 Å². The highest BCUT2D eigenvalue weighted by molar-refractivity contribution is 6.17. The number of aryl methyl sites for hydroxylation is 1. The number of amides is 1. The first kappa shape index (κ1) is 30.9. The number of carbonyl (C=O) groups is 2. The fourth-order valence-electron chi connectivity index (χ4n) is 6.77. The number of hydrogen-bond acceptors (Lipinski definition) is 7. The molecule has 0 aliphatic carbocycles. The molecule has 0 bridgehead atoms. The van der Waals surface area contributed by atoms with Crippen LogP contribution in [0.25, 0.3) is 6.08 Å². The van der Waals surface area contributed by atoms with Crippen molar-refractivity contribution in [3.8, 4) is 17.9 Å². The topological polar surface area (TPSA) is 107 Å². The molecule has 4 aromatic carbocycles. The van der Waals surface area contributed by atoms with Crippen molar-refractivity contribution in [2.24, 2.45) is 5.41 Å². The number of nitriles is 2. The van der Waals surface area contributed by atoms with Gasteiger partial charge in [-0.1, -0.05) is 90.5 Å². The monoisotopic (exact) mass is 620 g/mol. The molecule has 232 valence electrons. The van der Waals surface area contributed by atoms with Gasteiger partial charge in [-0.25, -0.2) is 4.79 Å². The standard InChI is InChI=1S/C39H32N4O4/c1-27-14-20-34-32(22-27)39(37(45)43(34)23-29-12-8-5-9-13-29)33(36(44)47-3)24-42(30-16-18-31(46-2)19-17-30)35(38(39,25-40)26-41)21-15-28-10-6-4-7-11-28/h4-22,24,35H,23H2,1-3H3/b21-15+/t35-,39-/m1/s1. The van der Waals surface area contributed by atoms with E-state index in [9.17, 15) is 15.3 Å². The lowest BCUT2D eigenvalue weighted by atomic mass is 9.53. The predicted molar refractivity (Wildman–Crippen MR) is 179 cm³/mol. The van der Waals surface area contributed by atoms with Crippen LogP contribution in [0.4, 0.5) is 11.4 Å². The van der Waals surface area contributed by atoms with Crippen LogP contribution in [-0.2, 0) is 26.3 Å². The number of anilines is 2. The van der Waals surface area contributed by atoms with Crippen molar-refractivity contribution < 1.29 is 19.1 Å². The zero-order valence-corrected chi connectivity index (χ0v) is 26.3. The summed E-state index contributed by atoms with van der Waals surface area (Å²) >= 11 is 0. The molecule has 4 aromatic rings. The normalized spacial score (nSPS) is 19.6. The van der Waals surface area contributed by atoms with Gasteiger partial charge in [-0.3, -0.25) is 4.79 Å². The van der Waals surface area contributed by atoms with Crippen molar-refractivity contribution in [1.82, 2.24) is 0 Å². The largest absolute Gasteiger partial charge is 0.497 e. The molecule has 2 aliphatic heterocycles. The summed E-state index contributed by atoms with van der Waals surface area (Å²) < 4.78 is 10.7. The molecule has 0 fully saturated rings. The van der Waals surface area contributed by atoms with Crippen molar-refractivity contribution >= 4 is 29.3 Å². The van der Waals surface area contributed by atoms with E-state index in [1.54, 1.807) is 59.5 Å². The summed E-state index contributed by atoms with van der Waals surface area (Å²) in [5, 5.41) is 22.7. The molecule has 0 unspecified atom stereocenters. The van der Waals surface area contributed by atoms with Crippen LogP contribution in [-0.4, -0.2) is 32.1 Å². The lowest BCUT2D eigenvalue weighted by Gasteiger charge is -2.50. The van der Waals surface area contributed by atoms with Crippen molar-refractivity contribution in [3.05, 3.63) is 143 Å². The minimum Gasteiger partial charge on any atom is -0.497 e. The van der Waals surface area contributed by atoms with Gasteiger partial charge in [-0.2, -0.15) is 10.5 Å². The number of carbonyl (C=O) groups excluding carboxylic acids is 2. The van der Waals surface area contributed by atoms with Gasteiger partial charge in [0.05, 0.1) is 44.5 Å². The zero-order chi connectivity index (χ0) is 33.2. The molecule has 0 aromatic heterocycles. The summed E-state index contributed by atoms with van der Waals surface area (Å²) in [6, 6.07) is 35.1. The van der Waals surface area contributed by atoms with E-state index in [0.717, 1.165) is 16.7 Å². The molecule has 2 aliphatic rings. The van der Waals surface area contributed by atoms with Crippen LogP contribution in [0.3, 0.4) is 0 Å². The Kier molecular flexibility index (Phi) is 8.11. The van der Waals surface area contributed by atoms with Crippen LogP contribution < -0.4 is 14.5 Å². The Hall–Kier alpha value is -6.12. The number of hydrogen-bond donors (Lipinski definition) is 0. The van der Waals surface area contributed by atoms with Crippen LogP contribution in [0.1, 0.15) is 22.3 Å². The summed E-state index contributed by atoms with van der Waals surface area (Å²) in [4.78, 5) is 32.5. The van der Waals surface area contributed by atoms with E-state index in [4.69, 9.17) is 9.47 Å². The molecule has 0 N–H and O–H groups in total. The molecule has 8 heteroatoms. The minimum absolute atomic E-state index is 0.101. The van der Waals surface area contributed by atoms with Gasteiger partial charge >= 0.3 is 5.97 Å². The summed E-state index contributed by atoms with van der Waals surface area (Å²) in [6.45, 7) is 2.05. The van der Waals surface area contributed by atoms with Gasteiger partial charge in [0.15, 0.2) is 5.41 Å². The van der Waals surface area contributed by atoms with E-state index < -0.39 is 28.7 Å². The number of ether oxygens (including phenoxy) is 2. The van der Waals surface area contributed by atoms with Crippen molar-refractivity contribution in [1.29, 1.82) is 10.5 Å². The molecule has 0 saturated heterocycles. The Morgan fingerprint density at radius 1 is 0.915 bits per heavy atom. The minimum atomic E-state index is -2.15. The van der Waals surface area contributed by atoms with Crippen molar-refractivity contribution in [2.45, 2.75) is 24.9 Å². The lowest BCUT2D eigenvalue weighted by molar-refractivity contribution is -0.140. The second-order valence-electron chi connectivity index (χ2n) is 11.5. The Balaban J connectivity index is 1.69.